The van der Waals surface area contributed by atoms with Crippen molar-refractivity contribution in [2.45, 2.75) is 13.3 Å². The van der Waals surface area contributed by atoms with E-state index >= 15 is 0 Å². The van der Waals surface area contributed by atoms with Gasteiger partial charge in [0.1, 0.15) is 0 Å². The van der Waals surface area contributed by atoms with Crippen LogP contribution >= 0.6 is 0 Å². The van der Waals surface area contributed by atoms with Gasteiger partial charge in [0.15, 0.2) is 11.5 Å². The molecule has 106 valence electrons. The average Bonchev–Trinajstić information content (AvgIpc) is 2.51. The Kier molecular flexibility index (Phi) is 4.13. The summed E-state index contributed by atoms with van der Waals surface area (Å²) in [5, 5.41) is 1.79. The largest absolute Gasteiger partial charge is 0.493 e. The predicted octanol–water partition coefficient (Wildman–Crippen LogP) is 3.21. The van der Waals surface area contributed by atoms with E-state index in [1.54, 1.807) is 20.3 Å². The van der Waals surface area contributed by atoms with Gasteiger partial charge in [0.2, 0.25) is 0 Å². The molecule has 4 heteroatoms. The number of benzene rings is 2. The predicted molar refractivity (Wildman–Crippen MR) is 77.8 cm³/mol. The smallest absolute Gasteiger partial charge is 0.338 e. The zero-order valence-electron chi connectivity index (χ0n) is 12.1. The summed E-state index contributed by atoms with van der Waals surface area (Å²) in [5.74, 6) is 0.889. The van der Waals surface area contributed by atoms with E-state index in [4.69, 9.17) is 14.2 Å². The minimum absolute atomic E-state index is 0.357. The number of rotatable bonds is 4. The fourth-order valence-corrected chi connectivity index (χ4v) is 2.33. The van der Waals surface area contributed by atoms with Crippen molar-refractivity contribution in [1.29, 1.82) is 0 Å². The van der Waals surface area contributed by atoms with Crippen molar-refractivity contribution in [2.24, 2.45) is 0 Å². The second-order valence-electron chi connectivity index (χ2n) is 4.37. The molecule has 4 nitrogen and oxygen atoms in total. The summed E-state index contributed by atoms with van der Waals surface area (Å²) < 4.78 is 15.5. The fraction of sp³-hybridized carbons (Fsp3) is 0.312. The third-order valence-corrected chi connectivity index (χ3v) is 3.40. The second-order valence-corrected chi connectivity index (χ2v) is 4.37. The maximum atomic E-state index is 11.9. The monoisotopic (exact) mass is 274 g/mol. The molecule has 0 saturated carbocycles. The van der Waals surface area contributed by atoms with Gasteiger partial charge in [-0.15, -0.1) is 0 Å². The Morgan fingerprint density at radius 3 is 2.10 bits per heavy atom. The lowest BCUT2D eigenvalue weighted by Crippen LogP contribution is -2.03. The van der Waals surface area contributed by atoms with Crippen molar-refractivity contribution in [3.05, 3.63) is 35.4 Å². The molecule has 0 spiro atoms. The Labute approximate surface area is 118 Å². The van der Waals surface area contributed by atoms with Crippen molar-refractivity contribution in [2.75, 3.05) is 21.3 Å². The van der Waals surface area contributed by atoms with E-state index in [0.29, 0.717) is 17.1 Å². The van der Waals surface area contributed by atoms with E-state index in [-0.39, 0.29) is 5.97 Å². The van der Waals surface area contributed by atoms with Crippen LogP contribution in [-0.2, 0) is 11.2 Å². The molecule has 0 aliphatic carbocycles. The molecular formula is C16H18O4. The molecule has 0 heterocycles. The third-order valence-electron chi connectivity index (χ3n) is 3.40. The lowest BCUT2D eigenvalue weighted by atomic mass is 9.97. The Hall–Kier alpha value is -2.23. The second kappa shape index (κ2) is 5.82. The molecule has 0 saturated heterocycles. The summed E-state index contributed by atoms with van der Waals surface area (Å²) in [5.41, 5.74) is 1.68. The van der Waals surface area contributed by atoms with E-state index in [9.17, 15) is 4.79 Å². The molecule has 0 aromatic heterocycles. The standard InChI is InChI=1S/C16H18O4/c1-5-10-6-7-11(16(17)20-4)13-9-15(19-3)14(18-2)8-12(10)13/h6-9H,5H2,1-4H3. The fourth-order valence-electron chi connectivity index (χ4n) is 2.33. The van der Waals surface area contributed by atoms with Crippen LogP contribution in [-0.4, -0.2) is 27.3 Å². The highest BCUT2D eigenvalue weighted by atomic mass is 16.5. The van der Waals surface area contributed by atoms with Crippen LogP contribution in [0.3, 0.4) is 0 Å². The molecule has 0 radical (unpaired) electrons. The number of ether oxygens (including phenoxy) is 3. The van der Waals surface area contributed by atoms with Gasteiger partial charge >= 0.3 is 5.97 Å². The van der Waals surface area contributed by atoms with E-state index < -0.39 is 0 Å². The number of carbonyl (C=O) groups is 1. The van der Waals surface area contributed by atoms with Crippen molar-refractivity contribution in [3.8, 4) is 11.5 Å². The minimum Gasteiger partial charge on any atom is -0.493 e. The van der Waals surface area contributed by atoms with Gasteiger partial charge in [0.25, 0.3) is 0 Å². The van der Waals surface area contributed by atoms with Crippen LogP contribution in [0.25, 0.3) is 10.8 Å². The van der Waals surface area contributed by atoms with Crippen molar-refractivity contribution < 1.29 is 19.0 Å². The van der Waals surface area contributed by atoms with Crippen LogP contribution in [0.4, 0.5) is 0 Å². The first-order valence-corrected chi connectivity index (χ1v) is 6.42. The number of fused-ring (bicyclic) bond motifs is 1. The zero-order valence-corrected chi connectivity index (χ0v) is 12.1. The molecule has 0 atom stereocenters. The lowest BCUT2D eigenvalue weighted by Gasteiger charge is -2.13. The molecule has 0 aliphatic rings. The zero-order chi connectivity index (χ0) is 14.7. The van der Waals surface area contributed by atoms with Gasteiger partial charge in [0, 0.05) is 5.39 Å². The van der Waals surface area contributed by atoms with Gasteiger partial charge in [-0.25, -0.2) is 4.79 Å². The molecule has 2 rings (SSSR count). The molecule has 0 bridgehead atoms. The van der Waals surface area contributed by atoms with Gasteiger partial charge in [0.05, 0.1) is 26.9 Å². The summed E-state index contributed by atoms with van der Waals surface area (Å²) >= 11 is 0. The van der Waals surface area contributed by atoms with E-state index in [1.807, 2.05) is 18.2 Å². The molecule has 2 aromatic carbocycles. The first-order chi connectivity index (χ1) is 9.65. The molecular weight excluding hydrogens is 256 g/mol. The number of esters is 1. The topological polar surface area (TPSA) is 44.8 Å². The molecule has 20 heavy (non-hydrogen) atoms. The number of methoxy groups -OCH3 is 3. The summed E-state index contributed by atoms with van der Waals surface area (Å²) in [6.45, 7) is 2.07. The van der Waals surface area contributed by atoms with Crippen LogP contribution < -0.4 is 9.47 Å². The van der Waals surface area contributed by atoms with Gasteiger partial charge < -0.3 is 14.2 Å². The van der Waals surface area contributed by atoms with Crippen LogP contribution in [0.1, 0.15) is 22.8 Å². The Morgan fingerprint density at radius 1 is 1.00 bits per heavy atom. The van der Waals surface area contributed by atoms with Gasteiger partial charge in [-0.2, -0.15) is 0 Å². The first kappa shape index (κ1) is 14.2. The van der Waals surface area contributed by atoms with Crippen LogP contribution in [0.15, 0.2) is 24.3 Å². The van der Waals surface area contributed by atoms with E-state index in [2.05, 4.69) is 6.92 Å². The number of carbonyl (C=O) groups excluding carboxylic acids is 1. The maximum Gasteiger partial charge on any atom is 0.338 e. The number of hydrogen-bond donors (Lipinski definition) is 0. The highest BCUT2D eigenvalue weighted by Gasteiger charge is 2.15. The summed E-state index contributed by atoms with van der Waals surface area (Å²) in [7, 11) is 4.55. The summed E-state index contributed by atoms with van der Waals surface area (Å²) in [4.78, 5) is 11.9. The summed E-state index contributed by atoms with van der Waals surface area (Å²) in [6, 6.07) is 7.46. The SMILES string of the molecule is CCc1ccc(C(=O)OC)c2cc(OC)c(OC)cc12. The number of aryl methyl sites for hydroxylation is 1. The summed E-state index contributed by atoms with van der Waals surface area (Å²) in [6.07, 6.45) is 0.868. The highest BCUT2D eigenvalue weighted by Crippen LogP contribution is 2.35. The van der Waals surface area contributed by atoms with E-state index in [1.165, 1.54) is 7.11 Å². The molecule has 0 N–H and O–H groups in total. The number of hydrogen-bond acceptors (Lipinski definition) is 4. The lowest BCUT2D eigenvalue weighted by molar-refractivity contribution is 0.0603. The van der Waals surface area contributed by atoms with Gasteiger partial charge in [-0.1, -0.05) is 13.0 Å². The Bertz CT molecular complexity index is 646. The molecule has 0 fully saturated rings. The minimum atomic E-state index is -0.357. The van der Waals surface area contributed by atoms with Crippen molar-refractivity contribution >= 4 is 16.7 Å². The van der Waals surface area contributed by atoms with Crippen LogP contribution in [0.5, 0.6) is 11.5 Å². The average molecular weight is 274 g/mol. The third kappa shape index (κ3) is 2.29. The molecule has 0 amide bonds. The van der Waals surface area contributed by atoms with Gasteiger partial charge in [-0.05, 0) is 35.6 Å². The Morgan fingerprint density at radius 2 is 1.60 bits per heavy atom. The van der Waals surface area contributed by atoms with E-state index in [0.717, 1.165) is 22.8 Å². The quantitative estimate of drug-likeness (QED) is 0.803. The maximum absolute atomic E-state index is 11.9. The normalized spacial score (nSPS) is 10.4. The van der Waals surface area contributed by atoms with Gasteiger partial charge in [-0.3, -0.25) is 0 Å². The highest BCUT2D eigenvalue weighted by molar-refractivity contribution is 6.06. The Balaban J connectivity index is 2.82. The molecule has 0 aliphatic heterocycles. The molecule has 2 aromatic rings. The first-order valence-electron chi connectivity index (χ1n) is 6.42. The van der Waals surface area contributed by atoms with Crippen LogP contribution in [0.2, 0.25) is 0 Å². The van der Waals surface area contributed by atoms with Crippen molar-refractivity contribution in [1.82, 2.24) is 0 Å². The molecule has 0 unspecified atom stereocenters. The van der Waals surface area contributed by atoms with Crippen molar-refractivity contribution in [3.63, 3.8) is 0 Å². The van der Waals surface area contributed by atoms with Crippen LogP contribution in [0, 0.1) is 0 Å².